The molecule has 0 saturated heterocycles. The molecule has 0 spiro atoms. The molecule has 0 heterocycles. The summed E-state index contributed by atoms with van der Waals surface area (Å²) in [5.41, 5.74) is 2.83. The van der Waals surface area contributed by atoms with Crippen LogP contribution in [0.3, 0.4) is 0 Å². The van der Waals surface area contributed by atoms with Crippen LogP contribution in [0.1, 0.15) is 43.2 Å². The number of hydrogen-bond donors (Lipinski definition) is 2. The van der Waals surface area contributed by atoms with E-state index in [2.05, 4.69) is 19.9 Å². The van der Waals surface area contributed by atoms with Crippen LogP contribution >= 0.6 is 0 Å². The van der Waals surface area contributed by atoms with E-state index >= 15 is 0 Å². The molecule has 10 heteroatoms. The van der Waals surface area contributed by atoms with Crippen LogP contribution < -0.4 is 9.66 Å². The summed E-state index contributed by atoms with van der Waals surface area (Å²) < 4.78 is 50.7. The summed E-state index contributed by atoms with van der Waals surface area (Å²) >= 11 is 0. The number of fused-ring (bicyclic) bond motifs is 1. The fraction of sp³-hybridized carbons (Fsp3) is 0.391. The summed E-state index contributed by atoms with van der Waals surface area (Å²) in [4.78, 5) is 4.85. The minimum absolute atomic E-state index is 0.115. The number of benzene rings is 2. The maximum Gasteiger partial charge on any atom is 0.276 e. The Kier molecular flexibility index (Phi) is 6.58. The third-order valence-corrected chi connectivity index (χ3v) is 8.62. The maximum absolute atomic E-state index is 12.7. The van der Waals surface area contributed by atoms with Crippen molar-refractivity contribution in [3.8, 4) is 0 Å². The largest absolute Gasteiger partial charge is 0.276 e. The molecule has 2 N–H and O–H groups in total. The van der Waals surface area contributed by atoms with Crippen LogP contribution in [0.25, 0.3) is 0 Å². The van der Waals surface area contributed by atoms with E-state index in [0.29, 0.717) is 36.1 Å². The topological polar surface area (TPSA) is 117 Å². The molecule has 2 fully saturated rings. The molecule has 2 atom stereocenters. The van der Waals surface area contributed by atoms with Crippen molar-refractivity contribution in [3.63, 3.8) is 0 Å². The third kappa shape index (κ3) is 5.80. The first-order valence-electron chi connectivity index (χ1n) is 10.9. The van der Waals surface area contributed by atoms with E-state index in [1.165, 1.54) is 24.3 Å². The van der Waals surface area contributed by atoms with Gasteiger partial charge in [-0.3, -0.25) is 0 Å². The van der Waals surface area contributed by atoms with Gasteiger partial charge < -0.3 is 0 Å². The molecule has 0 radical (unpaired) electrons. The zero-order chi connectivity index (χ0) is 23.6. The minimum Gasteiger partial charge on any atom is -0.200 e. The SMILES string of the molecule is Cc1ccc(S(=O)(=O)N/N=C2/CC[C@H]3C[C@H]3CC/C2=N\NS(=O)(=O)c2ccc(C)cc2)cc1. The molecular weight excluding hydrogens is 460 g/mol. The predicted octanol–water partition coefficient (Wildman–Crippen LogP) is 3.48. The minimum atomic E-state index is -3.85. The summed E-state index contributed by atoms with van der Waals surface area (Å²) in [5.74, 6) is 1.24. The summed E-state index contributed by atoms with van der Waals surface area (Å²) in [5, 5.41) is 8.38. The number of rotatable bonds is 6. The average Bonchev–Trinajstić information content (AvgIpc) is 3.51. The molecule has 0 aromatic heterocycles. The molecule has 0 bridgehead atoms. The lowest BCUT2D eigenvalue weighted by Gasteiger charge is -2.15. The summed E-state index contributed by atoms with van der Waals surface area (Å²) in [6.07, 6.45) is 3.95. The summed E-state index contributed by atoms with van der Waals surface area (Å²) in [7, 11) is -7.69. The average molecular weight is 489 g/mol. The van der Waals surface area contributed by atoms with Crippen molar-refractivity contribution >= 4 is 31.5 Å². The summed E-state index contributed by atoms with van der Waals surface area (Å²) in [6, 6.07) is 13.0. The Hall–Kier alpha value is -2.72. The van der Waals surface area contributed by atoms with Gasteiger partial charge in [-0.15, -0.1) is 0 Å². The molecule has 0 amide bonds. The quantitative estimate of drug-likeness (QED) is 0.605. The second-order valence-corrected chi connectivity index (χ2v) is 12.1. The van der Waals surface area contributed by atoms with Crippen molar-refractivity contribution < 1.29 is 16.8 Å². The van der Waals surface area contributed by atoms with E-state index in [9.17, 15) is 16.8 Å². The fourth-order valence-electron chi connectivity index (χ4n) is 3.96. The van der Waals surface area contributed by atoms with Gasteiger partial charge >= 0.3 is 0 Å². The lowest BCUT2D eigenvalue weighted by molar-refractivity contribution is 0.581. The number of hydrogen-bond acceptors (Lipinski definition) is 6. The van der Waals surface area contributed by atoms with E-state index in [1.807, 2.05) is 13.8 Å². The van der Waals surface area contributed by atoms with Gasteiger partial charge in [0.15, 0.2) is 0 Å². The van der Waals surface area contributed by atoms with Gasteiger partial charge in [-0.2, -0.15) is 36.7 Å². The Bertz CT molecular complexity index is 1180. The Balaban J connectivity index is 1.58. The van der Waals surface area contributed by atoms with E-state index in [4.69, 9.17) is 0 Å². The lowest BCUT2D eigenvalue weighted by atomic mass is 9.97. The molecule has 2 aromatic rings. The van der Waals surface area contributed by atoms with Gasteiger partial charge in [0.2, 0.25) is 0 Å². The highest BCUT2D eigenvalue weighted by atomic mass is 32.2. The summed E-state index contributed by atoms with van der Waals surface area (Å²) in [6.45, 7) is 3.76. The highest BCUT2D eigenvalue weighted by Crippen LogP contribution is 2.46. The number of nitrogens with one attached hydrogen (secondary N) is 2. The molecule has 8 nitrogen and oxygen atoms in total. The predicted molar refractivity (Wildman–Crippen MR) is 128 cm³/mol. The van der Waals surface area contributed by atoms with Crippen LogP contribution in [-0.4, -0.2) is 28.3 Å². The first-order chi connectivity index (χ1) is 15.6. The van der Waals surface area contributed by atoms with Crippen LogP contribution in [0.15, 0.2) is 68.5 Å². The molecule has 33 heavy (non-hydrogen) atoms. The Morgan fingerprint density at radius 1 is 0.667 bits per heavy atom. The molecule has 2 saturated carbocycles. The number of hydrazone groups is 2. The van der Waals surface area contributed by atoms with Crippen molar-refractivity contribution in [2.24, 2.45) is 22.0 Å². The van der Waals surface area contributed by atoms with E-state index < -0.39 is 20.0 Å². The van der Waals surface area contributed by atoms with Gasteiger partial charge in [-0.25, -0.2) is 0 Å². The monoisotopic (exact) mass is 488 g/mol. The van der Waals surface area contributed by atoms with Crippen LogP contribution in [0.4, 0.5) is 0 Å². The molecule has 176 valence electrons. The first-order valence-corrected chi connectivity index (χ1v) is 13.9. The van der Waals surface area contributed by atoms with Crippen molar-refractivity contribution in [2.45, 2.75) is 55.7 Å². The van der Waals surface area contributed by atoms with Crippen LogP contribution in [0.2, 0.25) is 0 Å². The number of sulfonamides is 2. The second-order valence-electron chi connectivity index (χ2n) is 8.77. The van der Waals surface area contributed by atoms with E-state index in [1.54, 1.807) is 24.3 Å². The van der Waals surface area contributed by atoms with Crippen LogP contribution in [0, 0.1) is 25.7 Å². The van der Waals surface area contributed by atoms with Gasteiger partial charge in [-0.1, -0.05) is 35.4 Å². The van der Waals surface area contributed by atoms with Gasteiger partial charge in [-0.05, 0) is 82.1 Å². The van der Waals surface area contributed by atoms with Crippen molar-refractivity contribution in [1.82, 2.24) is 9.66 Å². The van der Waals surface area contributed by atoms with E-state index in [0.717, 1.165) is 30.4 Å². The standard InChI is InChI=1S/C23H28N4O4S2/c1-16-3-9-20(10-4-16)32(28,29)26-24-22-13-7-18-15-19(18)8-14-23(22)25-27-33(30,31)21-11-5-17(2)6-12-21/h3-6,9-12,18-19,26-27H,7-8,13-15H2,1-2H3/b24-22-,25-23+/t18-,19+/m0/s1. The molecule has 4 rings (SSSR count). The fourth-order valence-corrected chi connectivity index (χ4v) is 5.62. The lowest BCUT2D eigenvalue weighted by Crippen LogP contribution is -2.28. The number of nitrogens with zero attached hydrogens (tertiary/aromatic N) is 2. The van der Waals surface area contributed by atoms with Gasteiger partial charge in [0, 0.05) is 0 Å². The zero-order valence-corrected chi connectivity index (χ0v) is 20.3. The Morgan fingerprint density at radius 3 is 1.39 bits per heavy atom. The smallest absolute Gasteiger partial charge is 0.200 e. The van der Waals surface area contributed by atoms with Crippen LogP contribution in [-0.2, 0) is 20.0 Å². The molecule has 2 aromatic carbocycles. The van der Waals surface area contributed by atoms with Crippen molar-refractivity contribution in [2.75, 3.05) is 0 Å². The van der Waals surface area contributed by atoms with Crippen LogP contribution in [0.5, 0.6) is 0 Å². The second kappa shape index (κ2) is 9.26. The first kappa shape index (κ1) is 23.4. The zero-order valence-electron chi connectivity index (χ0n) is 18.7. The van der Waals surface area contributed by atoms with Crippen molar-refractivity contribution in [3.05, 3.63) is 59.7 Å². The normalized spacial score (nSPS) is 23.5. The van der Waals surface area contributed by atoms with Gasteiger partial charge in [0.1, 0.15) is 0 Å². The van der Waals surface area contributed by atoms with Crippen molar-refractivity contribution in [1.29, 1.82) is 0 Å². The molecular formula is C23H28N4O4S2. The van der Waals surface area contributed by atoms with E-state index in [-0.39, 0.29) is 9.79 Å². The highest BCUT2D eigenvalue weighted by molar-refractivity contribution is 7.89. The molecule has 2 aliphatic rings. The Labute approximate surface area is 195 Å². The van der Waals surface area contributed by atoms with Gasteiger partial charge in [0.25, 0.3) is 20.0 Å². The van der Waals surface area contributed by atoms with Gasteiger partial charge in [0.05, 0.1) is 21.2 Å². The Morgan fingerprint density at radius 2 is 1.03 bits per heavy atom. The molecule has 0 aliphatic heterocycles. The highest BCUT2D eigenvalue weighted by Gasteiger charge is 2.38. The molecule has 0 unspecified atom stereocenters. The maximum atomic E-state index is 12.7. The molecule has 2 aliphatic carbocycles. The number of aryl methyl sites for hydroxylation is 2. The third-order valence-electron chi connectivity index (χ3n) is 6.17.